The zero-order chi connectivity index (χ0) is 32.0. The van der Waals surface area contributed by atoms with Crippen LogP contribution >= 0.6 is 11.9 Å². The molecule has 0 unspecified atom stereocenters. The number of ether oxygens (including phenoxy) is 1. The topological polar surface area (TPSA) is 115 Å². The summed E-state index contributed by atoms with van der Waals surface area (Å²) in [7, 11) is 0. The number of unbranched alkanes of at least 4 members (excludes halogenated alkanes) is 1. The molecule has 0 atom stereocenters. The zero-order valence-corrected chi connectivity index (χ0v) is 28.7. The minimum Gasteiger partial charge on any atom is -0.463 e. The molecule has 1 aromatic rings. The average molecular weight is 614 g/mol. The Morgan fingerprint density at radius 3 is 2.40 bits per heavy atom. The van der Waals surface area contributed by atoms with Gasteiger partial charge < -0.3 is 21.5 Å². The van der Waals surface area contributed by atoms with E-state index >= 15 is 0 Å². The molecule has 0 bridgehead atoms. The molecule has 1 saturated carbocycles. The average Bonchev–Trinajstić information content (AvgIpc) is 2.99. The summed E-state index contributed by atoms with van der Waals surface area (Å²) >= 11 is 1.64. The van der Waals surface area contributed by atoms with Crippen molar-refractivity contribution in [3.05, 3.63) is 53.6 Å². The fraction of sp³-hybridized carbons (Fsp3) is 0.600. The van der Waals surface area contributed by atoms with Gasteiger partial charge in [-0.3, -0.25) is 14.5 Å². The number of anilines is 1. The standard InChI is InChI=1S/C28H45N5S.C7H14O2/c1-5-8-14-26(22-12-10-9-11-13-22)31-20-21(4)25-17-16-24(19-27(25)34-32-7-3)33-28(30)18-15-23(29)6-2;1-4-5-7(8)9-6(2)3/h15-20,22,32-33H,5-14,29-30H2,1-4H3;6H,4-5H2,1-3H3/b21-20+,23-15-,28-18+,31-26?;. The van der Waals surface area contributed by atoms with Crippen LogP contribution in [0.25, 0.3) is 5.57 Å². The maximum absolute atomic E-state index is 10.6. The van der Waals surface area contributed by atoms with Crippen molar-refractivity contribution in [3.8, 4) is 0 Å². The Kier molecular flexibility index (Phi) is 20.3. The summed E-state index contributed by atoms with van der Waals surface area (Å²) in [6.07, 6.45) is 18.2. The van der Waals surface area contributed by atoms with Crippen LogP contribution in [0, 0.1) is 5.92 Å². The molecular formula is C35H59N5O2S. The van der Waals surface area contributed by atoms with Gasteiger partial charge in [-0.05, 0) is 113 Å². The zero-order valence-electron chi connectivity index (χ0n) is 27.9. The second-order valence-electron chi connectivity index (χ2n) is 11.3. The van der Waals surface area contributed by atoms with Gasteiger partial charge in [-0.1, -0.05) is 59.4 Å². The van der Waals surface area contributed by atoms with E-state index in [-0.39, 0.29) is 12.1 Å². The number of hydrogen-bond acceptors (Lipinski definition) is 8. The van der Waals surface area contributed by atoms with Crippen LogP contribution in [0.4, 0.5) is 5.69 Å². The number of allylic oxidation sites excluding steroid dienone is 4. The van der Waals surface area contributed by atoms with Crippen molar-refractivity contribution in [2.45, 2.75) is 130 Å². The fourth-order valence-electron chi connectivity index (χ4n) is 4.63. The summed E-state index contributed by atoms with van der Waals surface area (Å²) < 4.78 is 8.24. The highest BCUT2D eigenvalue weighted by Gasteiger charge is 2.18. The van der Waals surface area contributed by atoms with Gasteiger partial charge in [0, 0.05) is 41.2 Å². The van der Waals surface area contributed by atoms with Gasteiger partial charge in [0.2, 0.25) is 0 Å². The van der Waals surface area contributed by atoms with Gasteiger partial charge >= 0.3 is 5.97 Å². The van der Waals surface area contributed by atoms with Gasteiger partial charge in [0.1, 0.15) is 5.82 Å². The van der Waals surface area contributed by atoms with Gasteiger partial charge in [-0.25, -0.2) is 0 Å². The highest BCUT2D eigenvalue weighted by atomic mass is 32.2. The monoisotopic (exact) mass is 613 g/mol. The second kappa shape index (κ2) is 22.8. The van der Waals surface area contributed by atoms with E-state index in [2.05, 4.69) is 55.2 Å². The first-order chi connectivity index (χ1) is 20.6. The minimum atomic E-state index is -0.0903. The Balaban J connectivity index is 0.000000887. The lowest BCUT2D eigenvalue weighted by molar-refractivity contribution is -0.147. The van der Waals surface area contributed by atoms with E-state index in [0.717, 1.165) is 42.1 Å². The Hall–Kier alpha value is -2.71. The van der Waals surface area contributed by atoms with Gasteiger partial charge in [0.05, 0.1) is 6.10 Å². The molecular weight excluding hydrogens is 554 g/mol. The third-order valence-electron chi connectivity index (χ3n) is 7.01. The number of carbonyl (C=O) groups is 1. The first-order valence-corrected chi connectivity index (χ1v) is 17.1. The smallest absolute Gasteiger partial charge is 0.306 e. The molecule has 0 aromatic heterocycles. The lowest BCUT2D eigenvalue weighted by Gasteiger charge is -2.23. The van der Waals surface area contributed by atoms with Gasteiger partial charge in [0.25, 0.3) is 0 Å². The number of nitrogens with zero attached hydrogens (tertiary/aromatic N) is 1. The number of carbonyl (C=O) groups excluding carboxylic acids is 1. The molecule has 242 valence electrons. The molecule has 1 aliphatic rings. The largest absolute Gasteiger partial charge is 0.463 e. The minimum absolute atomic E-state index is 0.0315. The van der Waals surface area contributed by atoms with Crippen molar-refractivity contribution < 1.29 is 9.53 Å². The number of benzene rings is 1. The normalized spacial score (nSPS) is 15.3. The summed E-state index contributed by atoms with van der Waals surface area (Å²) in [4.78, 5) is 16.8. The van der Waals surface area contributed by atoms with E-state index < -0.39 is 0 Å². The molecule has 0 heterocycles. The summed E-state index contributed by atoms with van der Waals surface area (Å²) in [5.74, 6) is 1.14. The molecule has 0 amide bonds. The molecule has 6 N–H and O–H groups in total. The summed E-state index contributed by atoms with van der Waals surface area (Å²) in [6.45, 7) is 15.1. The van der Waals surface area contributed by atoms with Crippen LogP contribution in [0.3, 0.4) is 0 Å². The predicted molar refractivity (Wildman–Crippen MR) is 188 cm³/mol. The lowest BCUT2D eigenvalue weighted by Crippen LogP contribution is -2.17. The molecule has 1 aromatic carbocycles. The molecule has 2 rings (SSSR count). The number of rotatable bonds is 16. The third-order valence-corrected chi connectivity index (χ3v) is 8.01. The van der Waals surface area contributed by atoms with Crippen molar-refractivity contribution in [1.29, 1.82) is 0 Å². The molecule has 1 fully saturated rings. The number of esters is 1. The van der Waals surface area contributed by atoms with Crippen molar-refractivity contribution in [2.24, 2.45) is 22.4 Å². The van der Waals surface area contributed by atoms with Crippen LogP contribution in [0.1, 0.15) is 125 Å². The first kappa shape index (κ1) is 38.3. The highest BCUT2D eigenvalue weighted by Crippen LogP contribution is 2.31. The quantitative estimate of drug-likeness (QED) is 0.0636. The van der Waals surface area contributed by atoms with Crippen molar-refractivity contribution >= 4 is 34.9 Å². The van der Waals surface area contributed by atoms with Crippen molar-refractivity contribution in [2.75, 3.05) is 11.9 Å². The summed E-state index contributed by atoms with van der Waals surface area (Å²) in [6, 6.07) is 6.36. The molecule has 0 saturated heterocycles. The molecule has 0 aliphatic heterocycles. The van der Waals surface area contributed by atoms with Crippen LogP contribution in [0.5, 0.6) is 0 Å². The van der Waals surface area contributed by atoms with Gasteiger partial charge in [0.15, 0.2) is 0 Å². The molecule has 43 heavy (non-hydrogen) atoms. The molecule has 1 aliphatic carbocycles. The number of hydrogen-bond donors (Lipinski definition) is 4. The van der Waals surface area contributed by atoms with Crippen molar-refractivity contribution in [1.82, 2.24) is 4.72 Å². The van der Waals surface area contributed by atoms with Crippen LogP contribution in [-0.4, -0.2) is 24.3 Å². The van der Waals surface area contributed by atoms with E-state index in [0.29, 0.717) is 18.2 Å². The number of nitrogens with one attached hydrogen (secondary N) is 2. The first-order valence-electron chi connectivity index (χ1n) is 16.3. The third kappa shape index (κ3) is 16.6. The molecule has 0 spiro atoms. The maximum Gasteiger partial charge on any atom is 0.306 e. The van der Waals surface area contributed by atoms with E-state index in [4.69, 9.17) is 21.2 Å². The summed E-state index contributed by atoms with van der Waals surface area (Å²) in [5.41, 5.74) is 17.5. The maximum atomic E-state index is 10.6. The van der Waals surface area contributed by atoms with E-state index in [9.17, 15) is 4.79 Å². The van der Waals surface area contributed by atoms with Crippen molar-refractivity contribution in [3.63, 3.8) is 0 Å². The SMILES string of the molecule is CCCC(=O)OC(C)C.CCCCC(=N/C=C(\C)c1ccc(N/C(N)=C/C=C(\N)CC)cc1SNCC)C1CCCCC1. The Morgan fingerprint density at radius 1 is 1.07 bits per heavy atom. The van der Waals surface area contributed by atoms with Gasteiger partial charge in [-0.15, -0.1) is 0 Å². The van der Waals surface area contributed by atoms with Crippen LogP contribution < -0.4 is 21.5 Å². The molecule has 0 radical (unpaired) electrons. The van der Waals surface area contributed by atoms with Crippen LogP contribution in [0.15, 0.2) is 58.0 Å². The molecule has 7 nitrogen and oxygen atoms in total. The van der Waals surface area contributed by atoms with Crippen LogP contribution in [0.2, 0.25) is 0 Å². The highest BCUT2D eigenvalue weighted by molar-refractivity contribution is 7.97. The van der Waals surface area contributed by atoms with E-state index in [1.807, 2.05) is 39.8 Å². The number of nitrogens with two attached hydrogens (primary N) is 2. The second-order valence-corrected chi connectivity index (χ2v) is 12.2. The summed E-state index contributed by atoms with van der Waals surface area (Å²) in [5, 5.41) is 3.27. The van der Waals surface area contributed by atoms with Crippen LogP contribution in [-0.2, 0) is 9.53 Å². The van der Waals surface area contributed by atoms with E-state index in [1.54, 1.807) is 11.9 Å². The fourth-order valence-corrected chi connectivity index (χ4v) is 5.45. The van der Waals surface area contributed by atoms with Gasteiger partial charge in [-0.2, -0.15) is 0 Å². The number of aliphatic imine (C=N–C) groups is 1. The lowest BCUT2D eigenvalue weighted by atomic mass is 9.84. The predicted octanol–water partition coefficient (Wildman–Crippen LogP) is 9.08. The Bertz CT molecular complexity index is 1070. The van der Waals surface area contributed by atoms with E-state index in [1.165, 1.54) is 61.8 Å². The molecule has 8 heteroatoms. The Morgan fingerprint density at radius 2 is 1.79 bits per heavy atom. The Labute approximate surface area is 266 Å².